The molecule has 0 amide bonds. The zero-order valence-electron chi connectivity index (χ0n) is 15.1. The zero-order valence-corrected chi connectivity index (χ0v) is 15.1. The van der Waals surface area contributed by atoms with Gasteiger partial charge in [0.25, 0.3) is 0 Å². The minimum absolute atomic E-state index is 0.390. The average molecular weight is 341 g/mol. The van der Waals surface area contributed by atoms with E-state index in [9.17, 15) is 0 Å². The maximum atomic E-state index is 5.86. The summed E-state index contributed by atoms with van der Waals surface area (Å²) in [4.78, 5) is 6.61. The minimum atomic E-state index is 0.390. The molecule has 1 aliphatic rings. The van der Waals surface area contributed by atoms with Gasteiger partial charge >= 0.3 is 0 Å². The summed E-state index contributed by atoms with van der Waals surface area (Å²) in [6.45, 7) is 8.32. The van der Waals surface area contributed by atoms with Gasteiger partial charge in [-0.2, -0.15) is 5.10 Å². The van der Waals surface area contributed by atoms with E-state index in [0.29, 0.717) is 5.95 Å². The molecule has 25 heavy (non-hydrogen) atoms. The molecule has 2 N–H and O–H groups in total. The Morgan fingerprint density at radius 1 is 1.36 bits per heavy atom. The van der Waals surface area contributed by atoms with Crippen LogP contribution < -0.4 is 10.5 Å². The van der Waals surface area contributed by atoms with E-state index >= 15 is 0 Å². The number of aryl methyl sites for hydroxylation is 1. The summed E-state index contributed by atoms with van der Waals surface area (Å²) in [7, 11) is 0. The first-order chi connectivity index (χ1) is 12.1. The number of aromatic nitrogens is 2. The van der Waals surface area contributed by atoms with Gasteiger partial charge in [0.1, 0.15) is 12.4 Å². The molecule has 3 rings (SSSR count). The van der Waals surface area contributed by atoms with E-state index in [1.807, 2.05) is 31.2 Å². The normalized spacial score (nSPS) is 18.7. The van der Waals surface area contributed by atoms with Gasteiger partial charge in [0.05, 0.1) is 18.1 Å². The molecule has 2 aromatic rings. The number of ether oxygens (including phenoxy) is 1. The van der Waals surface area contributed by atoms with Crippen molar-refractivity contribution in [3.63, 3.8) is 0 Å². The fourth-order valence-corrected chi connectivity index (χ4v) is 3.16. The van der Waals surface area contributed by atoms with Crippen LogP contribution in [0.5, 0.6) is 5.75 Å². The highest BCUT2D eigenvalue weighted by Crippen LogP contribution is 2.16. The van der Waals surface area contributed by atoms with E-state index in [0.717, 1.165) is 36.1 Å². The Balaban J connectivity index is 1.48. The van der Waals surface area contributed by atoms with E-state index < -0.39 is 0 Å². The predicted octanol–water partition coefficient (Wildman–Crippen LogP) is 2.77. The highest BCUT2D eigenvalue weighted by atomic mass is 16.5. The molecule has 2 heterocycles. The molecule has 134 valence electrons. The standard InChI is InChI=1S/C19H27N5O/c1-15-4-3-9-23(13-15)10-11-25-18-7-5-17(6-8-18)12-21-24-14-16(2)22-19(24)20/h5-8,12,14-15H,3-4,9-11,13H2,1-2H3,(H2,20,22). The molecule has 1 fully saturated rings. The van der Waals surface area contributed by atoms with Gasteiger partial charge in [-0.05, 0) is 62.1 Å². The summed E-state index contributed by atoms with van der Waals surface area (Å²) >= 11 is 0. The number of benzene rings is 1. The molecule has 1 unspecified atom stereocenters. The maximum absolute atomic E-state index is 5.86. The molecule has 6 heteroatoms. The number of hydrogen-bond acceptors (Lipinski definition) is 5. The van der Waals surface area contributed by atoms with Crippen LogP contribution in [0.15, 0.2) is 35.6 Å². The summed E-state index contributed by atoms with van der Waals surface area (Å²) in [5.41, 5.74) is 7.61. The Morgan fingerprint density at radius 3 is 2.84 bits per heavy atom. The van der Waals surface area contributed by atoms with Crippen molar-refractivity contribution >= 4 is 12.2 Å². The second-order valence-electron chi connectivity index (χ2n) is 6.80. The Hall–Kier alpha value is -2.34. The average Bonchev–Trinajstić information content (AvgIpc) is 2.92. The number of imidazole rings is 1. The van der Waals surface area contributed by atoms with Crippen molar-refractivity contribution in [2.75, 3.05) is 32.0 Å². The summed E-state index contributed by atoms with van der Waals surface area (Å²) in [6.07, 6.45) is 6.21. The highest BCUT2D eigenvalue weighted by molar-refractivity contribution is 5.79. The number of rotatable bonds is 6. The van der Waals surface area contributed by atoms with Crippen molar-refractivity contribution in [2.45, 2.75) is 26.7 Å². The summed E-state index contributed by atoms with van der Waals surface area (Å²) in [6, 6.07) is 7.93. The van der Waals surface area contributed by atoms with Gasteiger partial charge < -0.3 is 10.5 Å². The fraction of sp³-hybridized carbons (Fsp3) is 0.474. The monoisotopic (exact) mass is 341 g/mol. The number of piperidine rings is 1. The molecule has 0 saturated carbocycles. The lowest BCUT2D eigenvalue weighted by molar-refractivity contribution is 0.153. The fourth-order valence-electron chi connectivity index (χ4n) is 3.16. The molecule has 1 saturated heterocycles. The van der Waals surface area contributed by atoms with Gasteiger partial charge in [-0.3, -0.25) is 4.90 Å². The van der Waals surface area contributed by atoms with E-state index in [4.69, 9.17) is 10.5 Å². The molecule has 0 aliphatic carbocycles. The third kappa shape index (κ3) is 5.06. The first kappa shape index (κ1) is 17.5. The molecule has 0 radical (unpaired) electrons. The third-order valence-electron chi connectivity index (χ3n) is 4.46. The van der Waals surface area contributed by atoms with Crippen molar-refractivity contribution in [3.8, 4) is 5.75 Å². The number of nitrogens with zero attached hydrogens (tertiary/aromatic N) is 4. The lowest BCUT2D eigenvalue weighted by Gasteiger charge is -2.30. The molecule has 1 aromatic heterocycles. The molecule has 1 aliphatic heterocycles. The Morgan fingerprint density at radius 2 is 2.16 bits per heavy atom. The van der Waals surface area contributed by atoms with Gasteiger partial charge in [-0.15, -0.1) is 0 Å². The van der Waals surface area contributed by atoms with Crippen LogP contribution in [-0.4, -0.2) is 47.0 Å². The molecule has 0 spiro atoms. The Kier molecular flexibility index (Phi) is 5.71. The summed E-state index contributed by atoms with van der Waals surface area (Å²) in [5, 5.41) is 4.31. The van der Waals surface area contributed by atoms with Crippen LogP contribution in [0.3, 0.4) is 0 Å². The first-order valence-electron chi connectivity index (χ1n) is 8.91. The summed E-state index contributed by atoms with van der Waals surface area (Å²) in [5.74, 6) is 2.08. The van der Waals surface area contributed by atoms with Crippen LogP contribution in [0, 0.1) is 12.8 Å². The van der Waals surface area contributed by atoms with Crippen molar-refractivity contribution in [1.82, 2.24) is 14.6 Å². The lowest BCUT2D eigenvalue weighted by Crippen LogP contribution is -2.37. The van der Waals surface area contributed by atoms with Crippen LogP contribution in [0.1, 0.15) is 31.0 Å². The molecule has 6 nitrogen and oxygen atoms in total. The zero-order chi connectivity index (χ0) is 17.6. The highest BCUT2D eigenvalue weighted by Gasteiger charge is 2.15. The van der Waals surface area contributed by atoms with Crippen LogP contribution in [0.2, 0.25) is 0 Å². The van der Waals surface area contributed by atoms with Gasteiger partial charge in [0, 0.05) is 13.1 Å². The smallest absolute Gasteiger partial charge is 0.221 e. The molecule has 1 atom stereocenters. The molecule has 0 bridgehead atoms. The SMILES string of the molecule is Cc1cn(N=Cc2ccc(OCCN3CCCC(C)C3)cc2)c(N)n1. The van der Waals surface area contributed by atoms with Crippen molar-refractivity contribution in [3.05, 3.63) is 41.7 Å². The van der Waals surface area contributed by atoms with Crippen molar-refractivity contribution in [2.24, 2.45) is 11.0 Å². The Bertz CT molecular complexity index is 707. The third-order valence-corrected chi connectivity index (χ3v) is 4.46. The largest absolute Gasteiger partial charge is 0.492 e. The number of nitrogen functional groups attached to an aromatic ring is 1. The van der Waals surface area contributed by atoms with E-state index in [1.54, 1.807) is 17.1 Å². The van der Waals surface area contributed by atoms with E-state index in [1.165, 1.54) is 25.9 Å². The van der Waals surface area contributed by atoms with Crippen molar-refractivity contribution in [1.29, 1.82) is 0 Å². The number of nitrogens with two attached hydrogens (primary N) is 1. The van der Waals surface area contributed by atoms with Crippen LogP contribution in [0.25, 0.3) is 0 Å². The number of anilines is 1. The van der Waals surface area contributed by atoms with Gasteiger partial charge in [0.15, 0.2) is 0 Å². The van der Waals surface area contributed by atoms with E-state index in [2.05, 4.69) is 21.9 Å². The lowest BCUT2D eigenvalue weighted by atomic mass is 10.0. The minimum Gasteiger partial charge on any atom is -0.492 e. The predicted molar refractivity (Wildman–Crippen MR) is 101 cm³/mol. The van der Waals surface area contributed by atoms with E-state index in [-0.39, 0.29) is 0 Å². The van der Waals surface area contributed by atoms with Crippen molar-refractivity contribution < 1.29 is 4.74 Å². The second kappa shape index (κ2) is 8.16. The molecular weight excluding hydrogens is 314 g/mol. The number of likely N-dealkylation sites (tertiary alicyclic amines) is 1. The molecular formula is C19H27N5O. The van der Waals surface area contributed by atoms with Crippen LogP contribution >= 0.6 is 0 Å². The topological polar surface area (TPSA) is 68.7 Å². The van der Waals surface area contributed by atoms with Gasteiger partial charge in [0.2, 0.25) is 5.95 Å². The maximum Gasteiger partial charge on any atom is 0.221 e. The first-order valence-corrected chi connectivity index (χ1v) is 8.91. The second-order valence-corrected chi connectivity index (χ2v) is 6.80. The summed E-state index contributed by atoms with van der Waals surface area (Å²) < 4.78 is 7.43. The van der Waals surface area contributed by atoms with Gasteiger partial charge in [-0.25, -0.2) is 9.66 Å². The van der Waals surface area contributed by atoms with Gasteiger partial charge in [-0.1, -0.05) is 6.92 Å². The quantitative estimate of drug-likeness (QED) is 0.820. The van der Waals surface area contributed by atoms with Crippen LogP contribution in [-0.2, 0) is 0 Å². The van der Waals surface area contributed by atoms with Crippen LogP contribution in [0.4, 0.5) is 5.95 Å². The molecule has 1 aromatic carbocycles. The number of hydrogen-bond donors (Lipinski definition) is 1. The Labute approximate surface area is 149 Å².